The Balaban J connectivity index is 1.78. The average molecular weight is 229 g/mol. The number of fused-ring (bicyclic) bond motifs is 1. The molecule has 3 N–H and O–H groups in total. The van der Waals surface area contributed by atoms with E-state index in [9.17, 15) is 4.79 Å². The van der Waals surface area contributed by atoms with E-state index >= 15 is 0 Å². The van der Waals surface area contributed by atoms with Gasteiger partial charge in [0.15, 0.2) is 0 Å². The number of nitrogens with one attached hydrogen (secondary N) is 3. The lowest BCUT2D eigenvalue weighted by molar-refractivity contribution is -0.121. The Morgan fingerprint density at radius 3 is 3.00 bits per heavy atom. The molecule has 1 fully saturated rings. The van der Waals surface area contributed by atoms with E-state index in [0.717, 1.165) is 6.42 Å². The predicted octanol–water partition coefficient (Wildman–Crippen LogP) is 0.798. The van der Waals surface area contributed by atoms with Gasteiger partial charge in [-0.3, -0.25) is 4.79 Å². The fourth-order valence-electron chi connectivity index (χ4n) is 2.32. The van der Waals surface area contributed by atoms with Crippen LogP contribution >= 0.6 is 0 Å². The van der Waals surface area contributed by atoms with Crippen molar-refractivity contribution in [3.63, 3.8) is 0 Å². The first kappa shape index (κ1) is 10.4. The van der Waals surface area contributed by atoms with Gasteiger partial charge in [-0.15, -0.1) is 0 Å². The van der Waals surface area contributed by atoms with Crippen LogP contribution in [0.15, 0.2) is 30.5 Å². The molecule has 4 heteroatoms. The summed E-state index contributed by atoms with van der Waals surface area (Å²) in [5, 5.41) is 7.40. The third kappa shape index (κ3) is 2.03. The molecule has 1 aliphatic heterocycles. The minimum absolute atomic E-state index is 0.0835. The van der Waals surface area contributed by atoms with Crippen LogP contribution in [-0.4, -0.2) is 30.0 Å². The Labute approximate surface area is 99.4 Å². The first-order chi connectivity index (χ1) is 8.33. The molecule has 2 aromatic rings. The van der Waals surface area contributed by atoms with Crippen LogP contribution in [0.25, 0.3) is 10.9 Å². The van der Waals surface area contributed by atoms with Crippen LogP contribution in [0.1, 0.15) is 5.56 Å². The number of H-pyrrole nitrogens is 1. The summed E-state index contributed by atoms with van der Waals surface area (Å²) in [5.41, 5.74) is 2.47. The van der Waals surface area contributed by atoms with Crippen molar-refractivity contribution in [2.75, 3.05) is 13.1 Å². The van der Waals surface area contributed by atoms with Crippen molar-refractivity contribution in [1.82, 2.24) is 15.6 Å². The zero-order chi connectivity index (χ0) is 11.7. The summed E-state index contributed by atoms with van der Waals surface area (Å²) in [6, 6.07) is 8.61. The summed E-state index contributed by atoms with van der Waals surface area (Å²) in [4.78, 5) is 14.3. The van der Waals surface area contributed by atoms with Crippen molar-refractivity contribution in [2.45, 2.75) is 12.5 Å². The van der Waals surface area contributed by atoms with E-state index in [1.165, 1.54) is 16.5 Å². The summed E-state index contributed by atoms with van der Waals surface area (Å²) >= 11 is 0. The molecule has 1 aromatic heterocycles. The molecule has 0 bridgehead atoms. The third-order valence-corrected chi connectivity index (χ3v) is 3.24. The minimum atomic E-state index is 0.0835. The number of benzene rings is 1. The smallest absolute Gasteiger partial charge is 0.234 e. The number of aromatic amines is 1. The number of carbonyl (C=O) groups excluding carboxylic acids is 1. The zero-order valence-electron chi connectivity index (χ0n) is 9.49. The second-order valence-electron chi connectivity index (χ2n) is 4.45. The molecular formula is C13H15N3O. The Bertz CT molecular complexity index is 536. The number of para-hydroxylation sites is 1. The van der Waals surface area contributed by atoms with E-state index in [0.29, 0.717) is 19.1 Å². The van der Waals surface area contributed by atoms with E-state index < -0.39 is 0 Å². The Morgan fingerprint density at radius 1 is 1.29 bits per heavy atom. The van der Waals surface area contributed by atoms with Gasteiger partial charge >= 0.3 is 0 Å². The van der Waals surface area contributed by atoms with Gasteiger partial charge in [0.2, 0.25) is 5.91 Å². The molecular weight excluding hydrogens is 214 g/mol. The van der Waals surface area contributed by atoms with Crippen molar-refractivity contribution in [1.29, 1.82) is 0 Å². The first-order valence-electron chi connectivity index (χ1n) is 5.88. The monoisotopic (exact) mass is 229 g/mol. The van der Waals surface area contributed by atoms with Crippen LogP contribution in [-0.2, 0) is 11.2 Å². The maximum atomic E-state index is 11.0. The molecule has 0 aliphatic carbocycles. The maximum Gasteiger partial charge on any atom is 0.234 e. The second kappa shape index (κ2) is 4.22. The van der Waals surface area contributed by atoms with Crippen molar-refractivity contribution in [3.05, 3.63) is 36.0 Å². The predicted molar refractivity (Wildman–Crippen MR) is 66.8 cm³/mol. The standard InChI is InChI=1S/C13H15N3O/c17-13-8-14-10(7-16-13)5-9-6-15-12-4-2-1-3-11(9)12/h1-4,6,10,14-15H,5,7-8H2,(H,16,17)/t10-/m1/s1. The second-order valence-corrected chi connectivity index (χ2v) is 4.45. The zero-order valence-corrected chi connectivity index (χ0v) is 9.49. The van der Waals surface area contributed by atoms with Gasteiger partial charge in [-0.2, -0.15) is 0 Å². The number of rotatable bonds is 2. The van der Waals surface area contributed by atoms with Crippen LogP contribution < -0.4 is 10.6 Å². The number of piperazine rings is 1. The molecule has 4 nitrogen and oxygen atoms in total. The average Bonchev–Trinajstić information content (AvgIpc) is 2.76. The van der Waals surface area contributed by atoms with Gasteiger partial charge in [0.25, 0.3) is 0 Å². The van der Waals surface area contributed by atoms with Gasteiger partial charge in [-0.25, -0.2) is 0 Å². The van der Waals surface area contributed by atoms with Gasteiger partial charge in [0.1, 0.15) is 0 Å². The summed E-state index contributed by atoms with van der Waals surface area (Å²) in [6.07, 6.45) is 2.99. The maximum absolute atomic E-state index is 11.0. The molecule has 1 aromatic carbocycles. The van der Waals surface area contributed by atoms with Crippen molar-refractivity contribution >= 4 is 16.8 Å². The van der Waals surface area contributed by atoms with Gasteiger partial charge in [-0.1, -0.05) is 18.2 Å². The van der Waals surface area contributed by atoms with E-state index in [4.69, 9.17) is 0 Å². The molecule has 2 heterocycles. The largest absolute Gasteiger partial charge is 0.361 e. The van der Waals surface area contributed by atoms with E-state index in [1.807, 2.05) is 6.07 Å². The fourth-order valence-corrected chi connectivity index (χ4v) is 2.32. The van der Waals surface area contributed by atoms with Crippen LogP contribution in [0, 0.1) is 0 Å². The molecule has 3 rings (SSSR count). The molecule has 17 heavy (non-hydrogen) atoms. The SMILES string of the molecule is O=C1CN[C@H](Cc2c[nH]c3ccccc23)CN1. The lowest BCUT2D eigenvalue weighted by atomic mass is 10.0. The normalized spacial score (nSPS) is 20.5. The van der Waals surface area contributed by atoms with Gasteiger partial charge in [0.05, 0.1) is 6.54 Å². The fraction of sp³-hybridized carbons (Fsp3) is 0.308. The quantitative estimate of drug-likeness (QED) is 0.713. The first-order valence-corrected chi connectivity index (χ1v) is 5.88. The topological polar surface area (TPSA) is 56.9 Å². The van der Waals surface area contributed by atoms with E-state index in [-0.39, 0.29) is 5.91 Å². The van der Waals surface area contributed by atoms with Crippen molar-refractivity contribution in [3.8, 4) is 0 Å². The van der Waals surface area contributed by atoms with Crippen LogP contribution in [0.4, 0.5) is 0 Å². The highest BCUT2D eigenvalue weighted by molar-refractivity contribution is 5.83. The van der Waals surface area contributed by atoms with Gasteiger partial charge < -0.3 is 15.6 Å². The van der Waals surface area contributed by atoms with Crippen molar-refractivity contribution < 1.29 is 4.79 Å². The minimum Gasteiger partial charge on any atom is -0.361 e. The van der Waals surface area contributed by atoms with Gasteiger partial charge in [-0.05, 0) is 18.1 Å². The molecule has 1 amide bonds. The Kier molecular flexibility index (Phi) is 2.57. The molecule has 0 unspecified atom stereocenters. The highest BCUT2D eigenvalue weighted by Gasteiger charge is 2.18. The molecule has 1 saturated heterocycles. The van der Waals surface area contributed by atoms with Crippen LogP contribution in [0.2, 0.25) is 0 Å². The number of hydrogen-bond donors (Lipinski definition) is 3. The molecule has 0 spiro atoms. The number of amides is 1. The van der Waals surface area contributed by atoms with Crippen LogP contribution in [0.3, 0.4) is 0 Å². The van der Waals surface area contributed by atoms with Gasteiger partial charge in [0, 0.05) is 29.7 Å². The van der Waals surface area contributed by atoms with E-state index in [2.05, 4.69) is 40.0 Å². The lowest BCUT2D eigenvalue weighted by Crippen LogP contribution is -2.52. The van der Waals surface area contributed by atoms with Crippen molar-refractivity contribution in [2.24, 2.45) is 0 Å². The molecule has 88 valence electrons. The molecule has 0 radical (unpaired) electrons. The van der Waals surface area contributed by atoms with Crippen LogP contribution in [0.5, 0.6) is 0 Å². The Hall–Kier alpha value is -1.81. The summed E-state index contributed by atoms with van der Waals surface area (Å²) < 4.78 is 0. The highest BCUT2D eigenvalue weighted by Crippen LogP contribution is 2.19. The number of hydrogen-bond acceptors (Lipinski definition) is 2. The highest BCUT2D eigenvalue weighted by atomic mass is 16.2. The molecule has 1 atom stereocenters. The number of carbonyl (C=O) groups is 1. The summed E-state index contributed by atoms with van der Waals surface area (Å²) in [7, 11) is 0. The van der Waals surface area contributed by atoms with E-state index in [1.54, 1.807) is 0 Å². The third-order valence-electron chi connectivity index (χ3n) is 3.24. The summed E-state index contributed by atoms with van der Waals surface area (Å²) in [6.45, 7) is 1.13. The molecule has 0 saturated carbocycles. The lowest BCUT2D eigenvalue weighted by Gasteiger charge is -2.23. The molecule has 1 aliphatic rings. The Morgan fingerprint density at radius 2 is 2.18 bits per heavy atom. The summed E-state index contributed by atoms with van der Waals surface area (Å²) in [5.74, 6) is 0.0835. The number of aromatic nitrogens is 1.